The second-order valence-corrected chi connectivity index (χ2v) is 9.03. The molecule has 0 spiro atoms. The topological polar surface area (TPSA) is 100 Å². The standard InChI is InChI=1S/C25H28N4O5/c1-15-5-7-18(16(2)10-15)27-22(30)13-28-19-4-3-9-26-23(19)24(31)29(25(28)32)12-17-6-8-20-21(11-17)34-14-33-20/h5-8,10-11,19,23,26H,3-4,9,12-14H2,1-2H3,(H,27,30). The van der Waals surface area contributed by atoms with Gasteiger partial charge in [-0.2, -0.15) is 0 Å². The third-order valence-electron chi connectivity index (χ3n) is 6.58. The smallest absolute Gasteiger partial charge is 0.327 e. The number of nitrogens with zero attached hydrogens (tertiary/aromatic N) is 2. The van der Waals surface area contributed by atoms with E-state index in [4.69, 9.17) is 9.47 Å². The number of nitrogens with one attached hydrogen (secondary N) is 2. The fourth-order valence-corrected chi connectivity index (χ4v) is 4.87. The normalized spacial score (nSPS) is 21.5. The molecule has 4 amide bonds. The number of ether oxygens (including phenoxy) is 2. The third kappa shape index (κ3) is 4.19. The van der Waals surface area contributed by atoms with Crippen molar-refractivity contribution in [2.24, 2.45) is 0 Å². The highest BCUT2D eigenvalue weighted by Crippen LogP contribution is 2.33. The number of amides is 4. The number of hydrogen-bond donors (Lipinski definition) is 2. The van der Waals surface area contributed by atoms with E-state index in [0.29, 0.717) is 30.2 Å². The van der Waals surface area contributed by atoms with Gasteiger partial charge in [0.15, 0.2) is 11.5 Å². The molecule has 34 heavy (non-hydrogen) atoms. The van der Waals surface area contributed by atoms with E-state index in [1.54, 1.807) is 12.1 Å². The van der Waals surface area contributed by atoms with Crippen LogP contribution in [0.1, 0.15) is 29.5 Å². The zero-order valence-electron chi connectivity index (χ0n) is 19.3. The van der Waals surface area contributed by atoms with Gasteiger partial charge in [0, 0.05) is 5.69 Å². The Bertz CT molecular complexity index is 1150. The fourth-order valence-electron chi connectivity index (χ4n) is 4.87. The van der Waals surface area contributed by atoms with Crippen molar-refractivity contribution in [1.82, 2.24) is 15.1 Å². The van der Waals surface area contributed by atoms with Crippen LogP contribution in [0.25, 0.3) is 0 Å². The van der Waals surface area contributed by atoms with Crippen LogP contribution in [-0.2, 0) is 16.1 Å². The van der Waals surface area contributed by atoms with Gasteiger partial charge < -0.3 is 25.0 Å². The van der Waals surface area contributed by atoms with Crippen LogP contribution >= 0.6 is 0 Å². The highest BCUT2D eigenvalue weighted by molar-refractivity contribution is 6.03. The summed E-state index contributed by atoms with van der Waals surface area (Å²) in [6.07, 6.45) is 1.50. The fraction of sp³-hybridized carbons (Fsp3) is 0.400. The Kier molecular flexibility index (Phi) is 5.87. The minimum Gasteiger partial charge on any atom is -0.454 e. The molecule has 0 bridgehead atoms. The second kappa shape index (κ2) is 8.98. The van der Waals surface area contributed by atoms with E-state index < -0.39 is 12.1 Å². The predicted octanol–water partition coefficient (Wildman–Crippen LogP) is 2.56. The number of aryl methyl sites for hydroxylation is 2. The van der Waals surface area contributed by atoms with Crippen molar-refractivity contribution in [2.45, 2.75) is 45.3 Å². The van der Waals surface area contributed by atoms with E-state index in [1.165, 1.54) is 9.80 Å². The molecular formula is C25H28N4O5. The van der Waals surface area contributed by atoms with E-state index in [-0.39, 0.29) is 37.7 Å². The zero-order chi connectivity index (χ0) is 23.8. The van der Waals surface area contributed by atoms with Crippen LogP contribution in [0.3, 0.4) is 0 Å². The Labute approximate surface area is 198 Å². The second-order valence-electron chi connectivity index (χ2n) is 9.03. The van der Waals surface area contributed by atoms with Crippen molar-refractivity contribution in [3.05, 3.63) is 53.1 Å². The molecule has 178 valence electrons. The van der Waals surface area contributed by atoms with Gasteiger partial charge in [-0.3, -0.25) is 14.5 Å². The molecule has 2 unspecified atom stereocenters. The number of rotatable bonds is 5. The number of anilines is 1. The number of carbonyl (C=O) groups is 3. The van der Waals surface area contributed by atoms with E-state index in [0.717, 1.165) is 23.1 Å². The van der Waals surface area contributed by atoms with Gasteiger partial charge >= 0.3 is 6.03 Å². The first kappa shape index (κ1) is 22.2. The molecule has 2 aromatic rings. The Hall–Kier alpha value is -3.59. The quantitative estimate of drug-likeness (QED) is 0.706. The van der Waals surface area contributed by atoms with Gasteiger partial charge in [-0.15, -0.1) is 0 Å². The van der Waals surface area contributed by atoms with Crippen LogP contribution in [0.5, 0.6) is 11.5 Å². The van der Waals surface area contributed by atoms with Crippen LogP contribution in [-0.4, -0.2) is 59.6 Å². The lowest BCUT2D eigenvalue weighted by Gasteiger charge is -2.46. The summed E-state index contributed by atoms with van der Waals surface area (Å²) in [6.45, 7) is 4.74. The SMILES string of the molecule is Cc1ccc(NC(=O)CN2C(=O)N(Cc3ccc4c(c3)OCO4)C(=O)C3NCCCC32)c(C)c1. The predicted molar refractivity (Wildman–Crippen MR) is 125 cm³/mol. The van der Waals surface area contributed by atoms with E-state index in [2.05, 4.69) is 10.6 Å². The third-order valence-corrected chi connectivity index (χ3v) is 6.58. The van der Waals surface area contributed by atoms with Gasteiger partial charge in [0.2, 0.25) is 18.6 Å². The van der Waals surface area contributed by atoms with Gasteiger partial charge in [0.05, 0.1) is 12.6 Å². The molecule has 5 rings (SSSR count). The summed E-state index contributed by atoms with van der Waals surface area (Å²) in [7, 11) is 0. The van der Waals surface area contributed by atoms with Gasteiger partial charge in [-0.1, -0.05) is 23.8 Å². The summed E-state index contributed by atoms with van der Waals surface area (Å²) < 4.78 is 10.8. The van der Waals surface area contributed by atoms with Crippen LogP contribution in [0, 0.1) is 13.8 Å². The van der Waals surface area contributed by atoms with Gasteiger partial charge in [-0.25, -0.2) is 4.79 Å². The Morgan fingerprint density at radius 2 is 1.94 bits per heavy atom. The number of urea groups is 1. The van der Waals surface area contributed by atoms with Crippen molar-refractivity contribution in [1.29, 1.82) is 0 Å². The van der Waals surface area contributed by atoms with Crippen LogP contribution in [0.15, 0.2) is 36.4 Å². The maximum atomic E-state index is 13.5. The van der Waals surface area contributed by atoms with Crippen molar-refractivity contribution < 1.29 is 23.9 Å². The summed E-state index contributed by atoms with van der Waals surface area (Å²) in [5.74, 6) is 0.673. The molecule has 3 heterocycles. The summed E-state index contributed by atoms with van der Waals surface area (Å²) in [4.78, 5) is 42.5. The number of piperidine rings is 1. The van der Waals surface area contributed by atoms with Crippen LogP contribution in [0.4, 0.5) is 10.5 Å². The highest BCUT2D eigenvalue weighted by atomic mass is 16.7. The van der Waals surface area contributed by atoms with Crippen molar-refractivity contribution in [3.8, 4) is 11.5 Å². The van der Waals surface area contributed by atoms with Gasteiger partial charge in [0.25, 0.3) is 0 Å². The summed E-state index contributed by atoms with van der Waals surface area (Å²) >= 11 is 0. The first-order valence-corrected chi connectivity index (χ1v) is 11.5. The lowest BCUT2D eigenvalue weighted by molar-refractivity contribution is -0.138. The number of benzene rings is 2. The maximum Gasteiger partial charge on any atom is 0.327 e. The molecule has 3 aliphatic rings. The average Bonchev–Trinajstić information content (AvgIpc) is 3.29. The Morgan fingerprint density at radius 1 is 1.12 bits per heavy atom. The number of carbonyl (C=O) groups excluding carboxylic acids is 3. The maximum absolute atomic E-state index is 13.5. The molecule has 2 saturated heterocycles. The van der Waals surface area contributed by atoms with Crippen molar-refractivity contribution >= 4 is 23.5 Å². The number of hydrogen-bond acceptors (Lipinski definition) is 6. The van der Waals surface area contributed by atoms with E-state index >= 15 is 0 Å². The molecule has 2 N–H and O–H groups in total. The number of imide groups is 1. The highest BCUT2D eigenvalue weighted by Gasteiger charge is 2.47. The largest absolute Gasteiger partial charge is 0.454 e. The van der Waals surface area contributed by atoms with Crippen LogP contribution in [0.2, 0.25) is 0 Å². The van der Waals surface area contributed by atoms with Crippen LogP contribution < -0.4 is 20.1 Å². The Morgan fingerprint density at radius 3 is 2.76 bits per heavy atom. The molecule has 0 saturated carbocycles. The molecule has 0 aliphatic carbocycles. The summed E-state index contributed by atoms with van der Waals surface area (Å²) in [5.41, 5.74) is 3.53. The molecule has 9 nitrogen and oxygen atoms in total. The molecule has 9 heteroatoms. The average molecular weight is 465 g/mol. The molecule has 2 aromatic carbocycles. The van der Waals surface area contributed by atoms with Gasteiger partial charge in [0.1, 0.15) is 12.6 Å². The Balaban J connectivity index is 1.36. The monoisotopic (exact) mass is 464 g/mol. The molecule has 0 aromatic heterocycles. The zero-order valence-corrected chi connectivity index (χ0v) is 19.3. The number of fused-ring (bicyclic) bond motifs is 2. The molecule has 2 atom stereocenters. The lowest BCUT2D eigenvalue weighted by Crippen LogP contribution is -2.70. The molecule has 3 aliphatic heterocycles. The molecule has 0 radical (unpaired) electrons. The molecule has 2 fully saturated rings. The summed E-state index contributed by atoms with van der Waals surface area (Å²) in [5, 5.41) is 6.17. The first-order valence-electron chi connectivity index (χ1n) is 11.5. The van der Waals surface area contributed by atoms with E-state index in [9.17, 15) is 14.4 Å². The van der Waals surface area contributed by atoms with Crippen molar-refractivity contribution in [3.63, 3.8) is 0 Å². The minimum atomic E-state index is -0.533. The van der Waals surface area contributed by atoms with Gasteiger partial charge in [-0.05, 0) is 62.6 Å². The first-order chi connectivity index (χ1) is 16.4. The van der Waals surface area contributed by atoms with E-state index in [1.807, 2.05) is 38.1 Å². The minimum absolute atomic E-state index is 0.0917. The molecular weight excluding hydrogens is 436 g/mol. The summed E-state index contributed by atoms with van der Waals surface area (Å²) in [6, 6.07) is 9.81. The van der Waals surface area contributed by atoms with Crippen molar-refractivity contribution in [2.75, 3.05) is 25.2 Å². The lowest BCUT2D eigenvalue weighted by atomic mass is 9.93.